The zero-order valence-electron chi connectivity index (χ0n) is 9.22. The maximum atomic E-state index is 6.11. The molecule has 1 aliphatic heterocycles. The summed E-state index contributed by atoms with van der Waals surface area (Å²) in [5.74, 6) is 0.948. The third-order valence-electron chi connectivity index (χ3n) is 2.98. The minimum atomic E-state index is -0.00639. The second kappa shape index (κ2) is 4.77. The first-order chi connectivity index (χ1) is 7.27. The highest BCUT2D eigenvalue weighted by molar-refractivity contribution is 4.98. The summed E-state index contributed by atoms with van der Waals surface area (Å²) in [4.78, 5) is 4.26. The standard InChI is InChI=1S/C11H19N3O/c1-14-6-5-13-11(14)10(12)8-9-4-2-3-7-15-9/h5-6,9-10H,2-4,7-8,12H2,1H3. The van der Waals surface area contributed by atoms with Crippen LogP contribution in [0.1, 0.15) is 37.5 Å². The van der Waals surface area contributed by atoms with E-state index in [1.54, 1.807) is 6.20 Å². The van der Waals surface area contributed by atoms with Crippen molar-refractivity contribution in [3.8, 4) is 0 Å². The van der Waals surface area contributed by atoms with E-state index in [9.17, 15) is 0 Å². The van der Waals surface area contributed by atoms with Gasteiger partial charge in [-0.05, 0) is 25.7 Å². The first-order valence-electron chi connectivity index (χ1n) is 5.62. The Morgan fingerprint density at radius 3 is 3.13 bits per heavy atom. The van der Waals surface area contributed by atoms with Gasteiger partial charge in [0.25, 0.3) is 0 Å². The quantitative estimate of drug-likeness (QED) is 0.818. The lowest BCUT2D eigenvalue weighted by atomic mass is 10.0. The van der Waals surface area contributed by atoms with Gasteiger partial charge in [-0.3, -0.25) is 0 Å². The number of imidazole rings is 1. The van der Waals surface area contributed by atoms with Crippen molar-refractivity contribution >= 4 is 0 Å². The molecule has 84 valence electrons. The maximum Gasteiger partial charge on any atom is 0.125 e. The minimum absolute atomic E-state index is 0.00639. The number of hydrogen-bond acceptors (Lipinski definition) is 3. The second-order valence-corrected chi connectivity index (χ2v) is 4.23. The summed E-state index contributed by atoms with van der Waals surface area (Å²) in [6.45, 7) is 0.887. The molecule has 0 radical (unpaired) electrons. The molecule has 1 saturated heterocycles. The van der Waals surface area contributed by atoms with Crippen molar-refractivity contribution in [3.63, 3.8) is 0 Å². The van der Waals surface area contributed by atoms with Crippen LogP contribution in [-0.2, 0) is 11.8 Å². The topological polar surface area (TPSA) is 53.1 Å². The monoisotopic (exact) mass is 209 g/mol. The number of hydrogen-bond donors (Lipinski definition) is 1. The number of nitrogens with two attached hydrogens (primary N) is 1. The molecule has 0 aromatic carbocycles. The Bertz CT molecular complexity index is 305. The van der Waals surface area contributed by atoms with Gasteiger partial charge < -0.3 is 15.0 Å². The summed E-state index contributed by atoms with van der Waals surface area (Å²) in [7, 11) is 1.98. The van der Waals surface area contributed by atoms with E-state index in [-0.39, 0.29) is 6.04 Å². The van der Waals surface area contributed by atoms with E-state index in [0.717, 1.165) is 25.3 Å². The van der Waals surface area contributed by atoms with E-state index in [4.69, 9.17) is 10.5 Å². The summed E-state index contributed by atoms with van der Waals surface area (Å²) in [6.07, 6.45) is 8.51. The SMILES string of the molecule is Cn1ccnc1C(N)CC1CCCCO1. The van der Waals surface area contributed by atoms with Crippen molar-refractivity contribution < 1.29 is 4.74 Å². The van der Waals surface area contributed by atoms with Crippen LogP contribution < -0.4 is 5.73 Å². The molecule has 0 aliphatic carbocycles. The molecule has 4 heteroatoms. The lowest BCUT2D eigenvalue weighted by Crippen LogP contribution is -2.26. The van der Waals surface area contributed by atoms with Crippen LogP contribution in [0.2, 0.25) is 0 Å². The summed E-state index contributed by atoms with van der Waals surface area (Å²) in [5, 5.41) is 0. The van der Waals surface area contributed by atoms with Gasteiger partial charge in [0.05, 0.1) is 12.1 Å². The molecule has 2 unspecified atom stereocenters. The van der Waals surface area contributed by atoms with Gasteiger partial charge in [0, 0.05) is 26.0 Å². The van der Waals surface area contributed by atoms with Gasteiger partial charge in [0.2, 0.25) is 0 Å². The number of aromatic nitrogens is 2. The molecular formula is C11H19N3O. The van der Waals surface area contributed by atoms with Crippen molar-refractivity contribution in [1.29, 1.82) is 0 Å². The van der Waals surface area contributed by atoms with Crippen molar-refractivity contribution in [2.45, 2.75) is 37.8 Å². The van der Waals surface area contributed by atoms with Crippen LogP contribution in [0.3, 0.4) is 0 Å². The van der Waals surface area contributed by atoms with Gasteiger partial charge in [-0.2, -0.15) is 0 Å². The van der Waals surface area contributed by atoms with E-state index in [1.807, 2.05) is 17.8 Å². The molecule has 4 nitrogen and oxygen atoms in total. The van der Waals surface area contributed by atoms with E-state index in [0.29, 0.717) is 6.10 Å². The molecule has 2 heterocycles. The predicted molar refractivity (Wildman–Crippen MR) is 58.3 cm³/mol. The molecule has 1 aromatic rings. The van der Waals surface area contributed by atoms with Gasteiger partial charge in [0.1, 0.15) is 5.82 Å². The van der Waals surface area contributed by atoms with E-state index in [2.05, 4.69) is 4.98 Å². The number of nitrogens with zero attached hydrogens (tertiary/aromatic N) is 2. The van der Waals surface area contributed by atoms with Gasteiger partial charge in [-0.15, -0.1) is 0 Å². The normalized spacial score (nSPS) is 24.0. The van der Waals surface area contributed by atoms with Gasteiger partial charge in [0.15, 0.2) is 0 Å². The van der Waals surface area contributed by atoms with Crippen LogP contribution in [-0.4, -0.2) is 22.3 Å². The number of ether oxygens (including phenoxy) is 1. The third kappa shape index (κ3) is 2.58. The average Bonchev–Trinajstić information content (AvgIpc) is 2.66. The molecule has 1 aromatic heterocycles. The zero-order valence-corrected chi connectivity index (χ0v) is 9.22. The Kier molecular flexibility index (Phi) is 3.38. The van der Waals surface area contributed by atoms with Crippen LogP contribution in [0.4, 0.5) is 0 Å². The zero-order chi connectivity index (χ0) is 10.7. The molecule has 1 fully saturated rings. The van der Waals surface area contributed by atoms with Crippen molar-refractivity contribution in [2.24, 2.45) is 12.8 Å². The Morgan fingerprint density at radius 2 is 2.53 bits per heavy atom. The molecule has 0 spiro atoms. The molecule has 0 bridgehead atoms. The first-order valence-corrected chi connectivity index (χ1v) is 5.62. The highest BCUT2D eigenvalue weighted by Crippen LogP contribution is 2.21. The molecule has 1 aliphatic rings. The smallest absolute Gasteiger partial charge is 0.125 e. The Labute approximate surface area is 90.4 Å². The van der Waals surface area contributed by atoms with Crippen LogP contribution in [0.15, 0.2) is 12.4 Å². The van der Waals surface area contributed by atoms with E-state index >= 15 is 0 Å². The van der Waals surface area contributed by atoms with Crippen molar-refractivity contribution in [2.75, 3.05) is 6.61 Å². The predicted octanol–water partition coefficient (Wildman–Crippen LogP) is 1.38. The van der Waals surface area contributed by atoms with Crippen LogP contribution >= 0.6 is 0 Å². The van der Waals surface area contributed by atoms with Gasteiger partial charge in [-0.25, -0.2) is 4.98 Å². The fraction of sp³-hybridized carbons (Fsp3) is 0.727. The number of aryl methyl sites for hydroxylation is 1. The Morgan fingerprint density at radius 1 is 1.67 bits per heavy atom. The first kappa shape index (κ1) is 10.6. The van der Waals surface area contributed by atoms with E-state index in [1.165, 1.54) is 12.8 Å². The van der Waals surface area contributed by atoms with Crippen molar-refractivity contribution in [1.82, 2.24) is 9.55 Å². The van der Waals surface area contributed by atoms with Crippen LogP contribution in [0, 0.1) is 0 Å². The molecule has 2 atom stereocenters. The Balaban J connectivity index is 1.91. The molecule has 2 N–H and O–H groups in total. The van der Waals surface area contributed by atoms with Gasteiger partial charge in [-0.1, -0.05) is 0 Å². The summed E-state index contributed by atoms with van der Waals surface area (Å²) < 4.78 is 7.65. The fourth-order valence-electron chi connectivity index (χ4n) is 2.12. The largest absolute Gasteiger partial charge is 0.378 e. The van der Waals surface area contributed by atoms with Crippen molar-refractivity contribution in [3.05, 3.63) is 18.2 Å². The lowest BCUT2D eigenvalue weighted by Gasteiger charge is -2.24. The second-order valence-electron chi connectivity index (χ2n) is 4.23. The molecule has 2 rings (SSSR count). The Hall–Kier alpha value is -0.870. The average molecular weight is 209 g/mol. The molecule has 0 saturated carbocycles. The maximum absolute atomic E-state index is 6.11. The van der Waals surface area contributed by atoms with Gasteiger partial charge >= 0.3 is 0 Å². The minimum Gasteiger partial charge on any atom is -0.378 e. The summed E-state index contributed by atoms with van der Waals surface area (Å²) in [6, 6.07) is -0.00639. The molecule has 0 amide bonds. The lowest BCUT2D eigenvalue weighted by molar-refractivity contribution is 0.00673. The third-order valence-corrected chi connectivity index (χ3v) is 2.98. The molecular weight excluding hydrogens is 190 g/mol. The summed E-state index contributed by atoms with van der Waals surface area (Å²) >= 11 is 0. The van der Waals surface area contributed by atoms with E-state index < -0.39 is 0 Å². The number of rotatable bonds is 3. The van der Waals surface area contributed by atoms with Crippen LogP contribution in [0.25, 0.3) is 0 Å². The highest BCUT2D eigenvalue weighted by atomic mass is 16.5. The van der Waals surface area contributed by atoms with Crippen LogP contribution in [0.5, 0.6) is 0 Å². The molecule has 15 heavy (non-hydrogen) atoms. The highest BCUT2D eigenvalue weighted by Gasteiger charge is 2.20. The summed E-state index contributed by atoms with van der Waals surface area (Å²) in [5.41, 5.74) is 6.11. The fourth-order valence-corrected chi connectivity index (χ4v) is 2.12.